The van der Waals surface area contributed by atoms with Crippen LogP contribution in [0.2, 0.25) is 0 Å². The fourth-order valence-electron chi connectivity index (χ4n) is 2.91. The van der Waals surface area contributed by atoms with Crippen LogP contribution in [-0.4, -0.2) is 43.4 Å². The van der Waals surface area contributed by atoms with Gasteiger partial charge in [0.15, 0.2) is 11.5 Å². The maximum absolute atomic E-state index is 10.4. The molecular weight excluding hydrogens is 310 g/mol. The molecule has 1 aromatic carbocycles. The number of rotatable bonds is 5. The van der Waals surface area contributed by atoms with Crippen LogP contribution in [-0.2, 0) is 11.3 Å². The number of phenolic OH excluding ortho intramolecular Hbond substituents is 1. The molecule has 5 heteroatoms. The molecule has 0 spiro atoms. The molecule has 1 aliphatic rings. The summed E-state index contributed by atoms with van der Waals surface area (Å²) in [6.45, 7) is 6.10. The zero-order valence-corrected chi connectivity index (χ0v) is 14.5. The lowest BCUT2D eigenvalue weighted by atomic mass is 10.1. The summed E-state index contributed by atoms with van der Waals surface area (Å²) < 4.78 is 10.9. The van der Waals surface area contributed by atoms with Crippen LogP contribution in [0.5, 0.6) is 11.5 Å². The van der Waals surface area contributed by atoms with Gasteiger partial charge in [0.2, 0.25) is 0 Å². The molecule has 2 aromatic rings. The van der Waals surface area contributed by atoms with Gasteiger partial charge in [-0.3, -0.25) is 4.90 Å². The SMILES string of the molecule is COCCCN1CCOc2c(O)cc(-c3ccc(C)s3)cc2C1. The van der Waals surface area contributed by atoms with Crippen LogP contribution in [0.3, 0.4) is 0 Å². The van der Waals surface area contributed by atoms with Gasteiger partial charge in [-0.15, -0.1) is 11.3 Å². The van der Waals surface area contributed by atoms with E-state index in [1.54, 1.807) is 18.4 Å². The van der Waals surface area contributed by atoms with Gasteiger partial charge < -0.3 is 14.6 Å². The number of aromatic hydroxyl groups is 1. The molecule has 0 bridgehead atoms. The smallest absolute Gasteiger partial charge is 0.165 e. The van der Waals surface area contributed by atoms with E-state index in [-0.39, 0.29) is 5.75 Å². The van der Waals surface area contributed by atoms with Crippen molar-refractivity contribution in [2.45, 2.75) is 19.9 Å². The van der Waals surface area contributed by atoms with Crippen LogP contribution in [0.4, 0.5) is 0 Å². The van der Waals surface area contributed by atoms with E-state index in [4.69, 9.17) is 9.47 Å². The molecule has 0 aliphatic carbocycles. The lowest BCUT2D eigenvalue weighted by Gasteiger charge is -2.19. The van der Waals surface area contributed by atoms with E-state index in [0.29, 0.717) is 12.4 Å². The third kappa shape index (κ3) is 3.86. The van der Waals surface area contributed by atoms with Crippen LogP contribution < -0.4 is 4.74 Å². The van der Waals surface area contributed by atoms with E-state index in [9.17, 15) is 5.11 Å². The Bertz CT molecular complexity index is 668. The van der Waals surface area contributed by atoms with Gasteiger partial charge in [0.05, 0.1) is 0 Å². The van der Waals surface area contributed by atoms with Gasteiger partial charge in [-0.1, -0.05) is 0 Å². The van der Waals surface area contributed by atoms with Crippen molar-refractivity contribution in [1.82, 2.24) is 4.90 Å². The van der Waals surface area contributed by atoms with Gasteiger partial charge in [0.1, 0.15) is 6.61 Å². The predicted octanol–water partition coefficient (Wildman–Crippen LogP) is 3.66. The van der Waals surface area contributed by atoms with Crippen molar-refractivity contribution in [3.05, 3.63) is 34.7 Å². The lowest BCUT2D eigenvalue weighted by molar-refractivity contribution is 0.164. The molecule has 1 aliphatic heterocycles. The summed E-state index contributed by atoms with van der Waals surface area (Å²) >= 11 is 1.74. The van der Waals surface area contributed by atoms with Crippen molar-refractivity contribution in [3.8, 4) is 21.9 Å². The number of thiophene rings is 1. The monoisotopic (exact) mass is 333 g/mol. The molecule has 2 heterocycles. The summed E-state index contributed by atoms with van der Waals surface area (Å²) in [7, 11) is 1.73. The van der Waals surface area contributed by atoms with Crippen LogP contribution in [0, 0.1) is 6.92 Å². The highest BCUT2D eigenvalue weighted by Gasteiger charge is 2.19. The molecule has 0 saturated heterocycles. The Balaban J connectivity index is 1.85. The van der Waals surface area contributed by atoms with Crippen LogP contribution in [0.1, 0.15) is 16.9 Å². The minimum atomic E-state index is 0.238. The van der Waals surface area contributed by atoms with Crippen molar-refractivity contribution in [3.63, 3.8) is 0 Å². The number of nitrogens with zero attached hydrogens (tertiary/aromatic N) is 1. The Labute approximate surface area is 141 Å². The average Bonchev–Trinajstić information content (AvgIpc) is 2.85. The molecule has 4 nitrogen and oxygen atoms in total. The van der Waals surface area contributed by atoms with Crippen molar-refractivity contribution >= 4 is 11.3 Å². The number of methoxy groups -OCH3 is 1. The van der Waals surface area contributed by atoms with E-state index >= 15 is 0 Å². The number of benzene rings is 1. The number of phenols is 1. The number of fused-ring (bicyclic) bond motifs is 1. The summed E-state index contributed by atoms with van der Waals surface area (Å²) in [5.74, 6) is 0.874. The molecule has 0 amide bonds. The van der Waals surface area contributed by atoms with E-state index < -0.39 is 0 Å². The molecule has 0 fully saturated rings. The zero-order valence-electron chi connectivity index (χ0n) is 13.7. The summed E-state index contributed by atoms with van der Waals surface area (Å²) in [6.07, 6.45) is 1.00. The predicted molar refractivity (Wildman–Crippen MR) is 93.4 cm³/mol. The lowest BCUT2D eigenvalue weighted by Crippen LogP contribution is -2.27. The quantitative estimate of drug-likeness (QED) is 0.848. The van der Waals surface area contributed by atoms with Gasteiger partial charge in [0.25, 0.3) is 0 Å². The third-order valence-corrected chi connectivity index (χ3v) is 5.09. The van der Waals surface area contributed by atoms with E-state index in [1.807, 2.05) is 6.07 Å². The molecule has 1 N–H and O–H groups in total. The Morgan fingerprint density at radius 1 is 1.35 bits per heavy atom. The van der Waals surface area contributed by atoms with Crippen molar-refractivity contribution in [2.75, 3.05) is 33.4 Å². The summed E-state index contributed by atoms with van der Waals surface area (Å²) in [6, 6.07) is 8.17. The van der Waals surface area contributed by atoms with Crippen LogP contribution in [0.15, 0.2) is 24.3 Å². The number of hydrogen-bond acceptors (Lipinski definition) is 5. The minimum Gasteiger partial charge on any atom is -0.504 e. The van der Waals surface area contributed by atoms with Crippen molar-refractivity contribution in [1.29, 1.82) is 0 Å². The molecule has 0 unspecified atom stereocenters. The van der Waals surface area contributed by atoms with Crippen molar-refractivity contribution in [2.24, 2.45) is 0 Å². The highest BCUT2D eigenvalue weighted by atomic mass is 32.1. The van der Waals surface area contributed by atoms with Crippen LogP contribution >= 0.6 is 11.3 Å². The van der Waals surface area contributed by atoms with Gasteiger partial charge in [-0.05, 0) is 43.2 Å². The Hall–Kier alpha value is -1.56. The second-order valence-electron chi connectivity index (χ2n) is 5.86. The molecule has 0 radical (unpaired) electrons. The first-order chi connectivity index (χ1) is 11.2. The van der Waals surface area contributed by atoms with Gasteiger partial charge in [-0.2, -0.15) is 0 Å². The Morgan fingerprint density at radius 3 is 2.96 bits per heavy atom. The maximum atomic E-state index is 10.4. The summed E-state index contributed by atoms with van der Waals surface area (Å²) in [4.78, 5) is 4.80. The van der Waals surface area contributed by atoms with Gasteiger partial charge in [0, 0.05) is 48.7 Å². The van der Waals surface area contributed by atoms with Gasteiger partial charge in [-0.25, -0.2) is 0 Å². The number of hydrogen-bond donors (Lipinski definition) is 1. The Kier molecular flexibility index (Phi) is 5.20. The minimum absolute atomic E-state index is 0.238. The third-order valence-electron chi connectivity index (χ3n) is 4.04. The summed E-state index contributed by atoms with van der Waals surface area (Å²) in [5.41, 5.74) is 2.11. The highest BCUT2D eigenvalue weighted by Crippen LogP contribution is 2.39. The largest absolute Gasteiger partial charge is 0.504 e. The fourth-order valence-corrected chi connectivity index (χ4v) is 3.76. The molecule has 1 aromatic heterocycles. The molecular formula is C18H23NO3S. The van der Waals surface area contributed by atoms with Crippen molar-refractivity contribution < 1.29 is 14.6 Å². The number of aryl methyl sites for hydroxylation is 1. The second kappa shape index (κ2) is 7.34. The average molecular weight is 333 g/mol. The topological polar surface area (TPSA) is 41.9 Å². The van der Waals surface area contributed by atoms with Gasteiger partial charge >= 0.3 is 0 Å². The first-order valence-electron chi connectivity index (χ1n) is 7.94. The highest BCUT2D eigenvalue weighted by molar-refractivity contribution is 7.15. The molecule has 0 saturated carbocycles. The molecule has 0 atom stereocenters. The molecule has 3 rings (SSSR count). The standard InChI is InChI=1S/C18H23NO3S/c1-13-4-5-17(23-13)14-10-15-12-19(6-3-8-21-2)7-9-22-18(15)16(20)11-14/h4-5,10-11,20H,3,6-9,12H2,1-2H3. The first kappa shape index (κ1) is 16.3. The van der Waals surface area contributed by atoms with E-state index in [0.717, 1.165) is 43.8 Å². The summed E-state index contributed by atoms with van der Waals surface area (Å²) in [5, 5.41) is 10.4. The van der Waals surface area contributed by atoms with E-state index in [1.165, 1.54) is 9.75 Å². The normalized spacial score (nSPS) is 15.0. The van der Waals surface area contributed by atoms with E-state index in [2.05, 4.69) is 30.0 Å². The first-order valence-corrected chi connectivity index (χ1v) is 8.76. The zero-order chi connectivity index (χ0) is 16.2. The Morgan fingerprint density at radius 2 is 2.22 bits per heavy atom. The fraction of sp³-hybridized carbons (Fsp3) is 0.444. The second-order valence-corrected chi connectivity index (χ2v) is 7.15. The molecule has 124 valence electrons. The number of ether oxygens (including phenoxy) is 2. The van der Waals surface area contributed by atoms with Crippen LogP contribution in [0.25, 0.3) is 10.4 Å². The maximum Gasteiger partial charge on any atom is 0.165 e. The molecule has 23 heavy (non-hydrogen) atoms.